The number of benzene rings is 1. The third kappa shape index (κ3) is 3.32. The summed E-state index contributed by atoms with van der Waals surface area (Å²) in [4.78, 5) is 0. The highest BCUT2D eigenvalue weighted by Crippen LogP contribution is 2.23. The molecule has 0 aliphatic carbocycles. The molecule has 1 aromatic rings. The molecule has 1 aromatic carbocycles. The lowest BCUT2D eigenvalue weighted by atomic mass is 9.95. The van der Waals surface area contributed by atoms with Gasteiger partial charge in [-0.25, -0.2) is 0 Å². The molecule has 1 rings (SSSR count). The maximum Gasteiger partial charge on any atom is -0.0112 e. The van der Waals surface area contributed by atoms with Gasteiger partial charge in [0, 0.05) is 0 Å². The molecule has 0 heterocycles. The first kappa shape index (κ1) is 13.2. The van der Waals surface area contributed by atoms with E-state index in [2.05, 4.69) is 50.4 Å². The largest absolute Gasteiger partial charge is 0.0984 e. The molecular weight excluding hydrogens is 204 g/mol. The molecule has 0 bridgehead atoms. The highest BCUT2D eigenvalue weighted by molar-refractivity contribution is 5.75. The maximum atomic E-state index is 3.89. The minimum Gasteiger partial charge on any atom is -0.0984 e. The number of allylic oxidation sites excluding steroid dienone is 3. The minimum atomic E-state index is 1.06. The Morgan fingerprint density at radius 3 is 2.41 bits per heavy atom. The normalized spacial score (nSPS) is 11.2. The molecule has 0 nitrogen and oxygen atoms in total. The van der Waals surface area contributed by atoms with Crippen molar-refractivity contribution in [1.29, 1.82) is 0 Å². The summed E-state index contributed by atoms with van der Waals surface area (Å²) >= 11 is 0. The van der Waals surface area contributed by atoms with Gasteiger partial charge in [0.1, 0.15) is 0 Å². The third-order valence-electron chi connectivity index (χ3n) is 2.63. The first-order chi connectivity index (χ1) is 8.10. The highest BCUT2D eigenvalue weighted by atomic mass is 14.1. The lowest BCUT2D eigenvalue weighted by Crippen LogP contribution is -1.90. The van der Waals surface area contributed by atoms with Crippen LogP contribution in [0.15, 0.2) is 43.0 Å². The van der Waals surface area contributed by atoms with Gasteiger partial charge in [-0.2, -0.15) is 0 Å². The van der Waals surface area contributed by atoms with E-state index >= 15 is 0 Å². The van der Waals surface area contributed by atoms with E-state index in [0.29, 0.717) is 0 Å². The monoisotopic (exact) mass is 224 g/mol. The summed E-state index contributed by atoms with van der Waals surface area (Å²) in [6.07, 6.45) is 10.2. The molecule has 0 aliphatic heterocycles. The van der Waals surface area contributed by atoms with Crippen LogP contribution in [0.1, 0.15) is 36.1 Å². The fraction of sp³-hybridized carbons (Fsp3) is 0.176. The molecule has 0 atom stereocenters. The Morgan fingerprint density at radius 1 is 1.18 bits per heavy atom. The molecule has 0 aromatic heterocycles. The molecule has 0 amide bonds. The molecule has 0 radical (unpaired) electrons. The van der Waals surface area contributed by atoms with E-state index in [1.165, 1.54) is 16.7 Å². The molecule has 0 N–H and O–H groups in total. The number of aryl methyl sites for hydroxylation is 1. The van der Waals surface area contributed by atoms with Crippen molar-refractivity contribution in [2.24, 2.45) is 0 Å². The van der Waals surface area contributed by atoms with Crippen molar-refractivity contribution in [1.82, 2.24) is 0 Å². The Bertz CT molecular complexity index is 485. The van der Waals surface area contributed by atoms with Crippen LogP contribution in [-0.4, -0.2) is 0 Å². The summed E-state index contributed by atoms with van der Waals surface area (Å²) in [6, 6.07) is 4.23. The second-order valence-electron chi connectivity index (χ2n) is 4.18. The summed E-state index contributed by atoms with van der Waals surface area (Å²) in [5.74, 6) is 0. The van der Waals surface area contributed by atoms with Crippen molar-refractivity contribution >= 4 is 18.2 Å². The Hall–Kier alpha value is -1.82. The van der Waals surface area contributed by atoms with Gasteiger partial charge in [-0.3, -0.25) is 0 Å². The van der Waals surface area contributed by atoms with E-state index in [-0.39, 0.29) is 0 Å². The second-order valence-corrected chi connectivity index (χ2v) is 4.18. The van der Waals surface area contributed by atoms with Crippen LogP contribution in [-0.2, 0) is 0 Å². The number of hydrogen-bond donors (Lipinski definition) is 0. The molecule has 0 fully saturated rings. The SMILES string of the molecule is C=Cc1ccc(C)c(/C=C/C(=C)C)c1/C=C\C. The third-order valence-corrected chi connectivity index (χ3v) is 2.63. The van der Waals surface area contributed by atoms with Gasteiger partial charge in [0.15, 0.2) is 0 Å². The first-order valence-electron chi connectivity index (χ1n) is 5.82. The molecule has 0 spiro atoms. The molecule has 17 heavy (non-hydrogen) atoms. The average Bonchev–Trinajstić information content (AvgIpc) is 2.28. The van der Waals surface area contributed by atoms with Gasteiger partial charge in [-0.1, -0.05) is 61.2 Å². The second kappa shape index (κ2) is 6.05. The Kier molecular flexibility index (Phi) is 4.71. The van der Waals surface area contributed by atoms with Gasteiger partial charge in [-0.15, -0.1) is 0 Å². The zero-order valence-electron chi connectivity index (χ0n) is 11.0. The van der Waals surface area contributed by atoms with Gasteiger partial charge in [-0.05, 0) is 43.0 Å². The van der Waals surface area contributed by atoms with E-state index in [1.54, 1.807) is 0 Å². The molecule has 0 aliphatic rings. The predicted octanol–water partition coefficient (Wildman–Crippen LogP) is 5.26. The predicted molar refractivity (Wildman–Crippen MR) is 79.8 cm³/mol. The Morgan fingerprint density at radius 2 is 1.88 bits per heavy atom. The number of hydrogen-bond acceptors (Lipinski definition) is 0. The summed E-state index contributed by atoms with van der Waals surface area (Å²) in [7, 11) is 0. The van der Waals surface area contributed by atoms with Crippen LogP contribution < -0.4 is 0 Å². The van der Waals surface area contributed by atoms with Crippen LogP contribution in [0.2, 0.25) is 0 Å². The minimum absolute atomic E-state index is 1.06. The van der Waals surface area contributed by atoms with E-state index in [0.717, 1.165) is 11.1 Å². The van der Waals surface area contributed by atoms with Crippen LogP contribution in [0.3, 0.4) is 0 Å². The first-order valence-corrected chi connectivity index (χ1v) is 5.82. The highest BCUT2D eigenvalue weighted by Gasteiger charge is 2.04. The van der Waals surface area contributed by atoms with Crippen molar-refractivity contribution in [2.75, 3.05) is 0 Å². The standard InChI is InChI=1S/C17H20/c1-6-8-17-15(7-2)11-10-14(5)16(17)12-9-13(3)4/h6-12H,2-3H2,1,4-5H3/b8-6-,12-9+. The summed E-state index contributed by atoms with van der Waals surface area (Å²) in [6.45, 7) is 13.9. The van der Waals surface area contributed by atoms with Gasteiger partial charge in [0.05, 0.1) is 0 Å². The quantitative estimate of drug-likeness (QED) is 0.612. The van der Waals surface area contributed by atoms with Crippen molar-refractivity contribution in [3.63, 3.8) is 0 Å². The van der Waals surface area contributed by atoms with E-state index < -0.39 is 0 Å². The summed E-state index contributed by atoms with van der Waals surface area (Å²) < 4.78 is 0. The van der Waals surface area contributed by atoms with Gasteiger partial charge in [0.25, 0.3) is 0 Å². The zero-order valence-corrected chi connectivity index (χ0v) is 11.0. The number of rotatable bonds is 4. The van der Waals surface area contributed by atoms with Crippen LogP contribution in [0.25, 0.3) is 18.2 Å². The topological polar surface area (TPSA) is 0 Å². The lowest BCUT2D eigenvalue weighted by Gasteiger charge is -2.09. The zero-order chi connectivity index (χ0) is 12.8. The average molecular weight is 224 g/mol. The van der Waals surface area contributed by atoms with Crippen molar-refractivity contribution in [3.8, 4) is 0 Å². The van der Waals surface area contributed by atoms with Crippen molar-refractivity contribution < 1.29 is 0 Å². The van der Waals surface area contributed by atoms with Gasteiger partial charge in [0.2, 0.25) is 0 Å². The van der Waals surface area contributed by atoms with E-state index in [4.69, 9.17) is 0 Å². The summed E-state index contributed by atoms with van der Waals surface area (Å²) in [5.41, 5.74) is 5.94. The molecule has 0 saturated carbocycles. The van der Waals surface area contributed by atoms with Crippen LogP contribution in [0, 0.1) is 6.92 Å². The van der Waals surface area contributed by atoms with E-state index in [9.17, 15) is 0 Å². The fourth-order valence-electron chi connectivity index (χ4n) is 1.74. The van der Waals surface area contributed by atoms with Gasteiger partial charge < -0.3 is 0 Å². The Labute approximate surface area is 105 Å². The van der Waals surface area contributed by atoms with Crippen molar-refractivity contribution in [3.05, 3.63) is 65.3 Å². The maximum absolute atomic E-state index is 3.89. The molecule has 0 unspecified atom stereocenters. The van der Waals surface area contributed by atoms with Crippen LogP contribution >= 0.6 is 0 Å². The molecule has 88 valence electrons. The van der Waals surface area contributed by atoms with Crippen LogP contribution in [0.5, 0.6) is 0 Å². The Balaban J connectivity index is 3.43. The van der Waals surface area contributed by atoms with Crippen LogP contribution in [0.4, 0.5) is 0 Å². The van der Waals surface area contributed by atoms with Crippen molar-refractivity contribution in [2.45, 2.75) is 20.8 Å². The molecular formula is C17H20. The smallest absolute Gasteiger partial charge is 0.0112 e. The van der Waals surface area contributed by atoms with E-state index in [1.807, 2.05) is 26.0 Å². The summed E-state index contributed by atoms with van der Waals surface area (Å²) in [5, 5.41) is 0. The fourth-order valence-corrected chi connectivity index (χ4v) is 1.74. The van der Waals surface area contributed by atoms with Gasteiger partial charge >= 0.3 is 0 Å². The lowest BCUT2D eigenvalue weighted by molar-refractivity contribution is 1.41. The molecule has 0 saturated heterocycles. The molecule has 0 heteroatoms.